The molecule has 1 heterocycles. The molecule has 1 aliphatic rings. The van der Waals surface area contributed by atoms with Crippen LogP contribution in [-0.2, 0) is 0 Å². The summed E-state index contributed by atoms with van der Waals surface area (Å²) in [5.74, 6) is 0. The number of nitrogens with zero attached hydrogens (tertiary/aromatic N) is 2. The van der Waals surface area contributed by atoms with Gasteiger partial charge in [-0.1, -0.05) is 0 Å². The zero-order valence-corrected chi connectivity index (χ0v) is 8.96. The van der Waals surface area contributed by atoms with Crippen LogP contribution in [0.15, 0.2) is 0 Å². The number of rotatable bonds is 3. The van der Waals surface area contributed by atoms with Gasteiger partial charge in [-0.05, 0) is 21.1 Å². The minimum absolute atomic E-state index is 0.114. The maximum atomic E-state index is 9.75. The molecule has 0 bridgehead atoms. The Morgan fingerprint density at radius 1 is 1.14 bits per heavy atom. The van der Waals surface area contributed by atoms with Crippen molar-refractivity contribution in [1.82, 2.24) is 9.80 Å². The van der Waals surface area contributed by atoms with Crippen molar-refractivity contribution >= 4 is 0 Å². The lowest BCUT2D eigenvalue weighted by Gasteiger charge is -2.27. The van der Waals surface area contributed by atoms with Crippen molar-refractivity contribution in [2.45, 2.75) is 24.3 Å². The van der Waals surface area contributed by atoms with E-state index < -0.39 is 12.2 Å². The first-order valence-corrected chi connectivity index (χ1v) is 4.82. The molecule has 1 aliphatic heterocycles. The Balaban J connectivity index is 2.68. The molecule has 0 radical (unpaired) electrons. The van der Waals surface area contributed by atoms with Crippen molar-refractivity contribution in [2.75, 3.05) is 34.3 Å². The summed E-state index contributed by atoms with van der Waals surface area (Å²) in [6, 6.07) is -0.466. The van der Waals surface area contributed by atoms with Crippen LogP contribution >= 0.6 is 0 Å². The third-order valence-electron chi connectivity index (χ3n) is 2.92. The minimum atomic E-state index is -0.852. The highest BCUT2D eigenvalue weighted by atomic mass is 16.3. The molecular formula is C9H20N2O3. The van der Waals surface area contributed by atoms with Gasteiger partial charge in [0.05, 0.1) is 30.9 Å². The van der Waals surface area contributed by atoms with Crippen LogP contribution in [-0.4, -0.2) is 83.7 Å². The average molecular weight is 204 g/mol. The number of aliphatic hydroxyl groups excluding tert-OH is 3. The third kappa shape index (κ3) is 2.07. The Kier molecular flexibility index (Phi) is 3.86. The first kappa shape index (κ1) is 11.9. The molecular weight excluding hydrogens is 184 g/mol. The maximum absolute atomic E-state index is 9.75. The molecule has 0 aromatic carbocycles. The molecule has 4 atom stereocenters. The Bertz CT molecular complexity index is 189. The SMILES string of the molecule is CN(C)CC1C(O)C(O)C(CO)N1C. The Morgan fingerprint density at radius 3 is 2.00 bits per heavy atom. The molecule has 0 aliphatic carbocycles. The summed E-state index contributed by atoms with van der Waals surface area (Å²) >= 11 is 0. The van der Waals surface area contributed by atoms with E-state index in [4.69, 9.17) is 5.11 Å². The van der Waals surface area contributed by atoms with E-state index in [0.717, 1.165) is 0 Å². The molecule has 0 amide bonds. The summed E-state index contributed by atoms with van der Waals surface area (Å²) in [5.41, 5.74) is 0. The molecule has 5 heteroatoms. The van der Waals surface area contributed by atoms with Crippen molar-refractivity contribution in [3.05, 3.63) is 0 Å². The van der Waals surface area contributed by atoms with E-state index in [0.29, 0.717) is 6.54 Å². The summed E-state index contributed by atoms with van der Waals surface area (Å²) < 4.78 is 0. The molecule has 1 fully saturated rings. The van der Waals surface area contributed by atoms with Gasteiger partial charge in [0, 0.05) is 6.54 Å². The normalized spacial score (nSPS) is 39.6. The second-order valence-corrected chi connectivity index (χ2v) is 4.23. The Morgan fingerprint density at radius 2 is 1.64 bits per heavy atom. The van der Waals surface area contributed by atoms with Crippen LogP contribution in [0.2, 0.25) is 0 Å². The Hall–Kier alpha value is -0.200. The first-order valence-electron chi connectivity index (χ1n) is 4.82. The molecule has 14 heavy (non-hydrogen) atoms. The van der Waals surface area contributed by atoms with E-state index in [1.807, 2.05) is 30.9 Å². The van der Waals surface area contributed by atoms with Gasteiger partial charge >= 0.3 is 0 Å². The second-order valence-electron chi connectivity index (χ2n) is 4.23. The zero-order valence-electron chi connectivity index (χ0n) is 8.96. The summed E-state index contributed by atoms with van der Waals surface area (Å²) in [5, 5.41) is 28.4. The van der Waals surface area contributed by atoms with Crippen molar-refractivity contribution < 1.29 is 15.3 Å². The highest BCUT2D eigenvalue weighted by molar-refractivity contribution is 4.99. The number of likely N-dealkylation sites (tertiary alicyclic amines) is 1. The third-order valence-corrected chi connectivity index (χ3v) is 2.92. The van der Waals surface area contributed by atoms with Gasteiger partial charge in [0.1, 0.15) is 0 Å². The maximum Gasteiger partial charge on any atom is 0.0992 e. The molecule has 1 rings (SSSR count). The summed E-state index contributed by atoms with van der Waals surface area (Å²) in [4.78, 5) is 3.80. The topological polar surface area (TPSA) is 67.2 Å². The van der Waals surface area contributed by atoms with E-state index in [9.17, 15) is 10.2 Å². The standard InChI is InChI=1S/C9H20N2O3/c1-10(2)4-6-8(13)9(14)7(5-12)11(6)3/h6-9,12-14H,4-5H2,1-3H3. The van der Waals surface area contributed by atoms with E-state index in [1.54, 1.807) is 0 Å². The van der Waals surface area contributed by atoms with E-state index in [-0.39, 0.29) is 18.7 Å². The van der Waals surface area contributed by atoms with Gasteiger partial charge in [0.2, 0.25) is 0 Å². The summed E-state index contributed by atoms with van der Waals surface area (Å²) in [7, 11) is 5.65. The largest absolute Gasteiger partial charge is 0.395 e. The van der Waals surface area contributed by atoms with Crippen molar-refractivity contribution in [2.24, 2.45) is 0 Å². The molecule has 0 spiro atoms. The highest BCUT2D eigenvalue weighted by Crippen LogP contribution is 2.23. The van der Waals surface area contributed by atoms with E-state index >= 15 is 0 Å². The molecule has 5 nitrogen and oxygen atoms in total. The fourth-order valence-corrected chi connectivity index (χ4v) is 2.03. The van der Waals surface area contributed by atoms with Gasteiger partial charge in [0.15, 0.2) is 0 Å². The van der Waals surface area contributed by atoms with Gasteiger partial charge in [0.25, 0.3) is 0 Å². The second kappa shape index (κ2) is 4.55. The first-order chi connectivity index (χ1) is 6.49. The molecule has 3 N–H and O–H groups in total. The molecule has 4 unspecified atom stereocenters. The monoisotopic (exact) mass is 204 g/mol. The van der Waals surface area contributed by atoms with E-state index in [2.05, 4.69) is 0 Å². The van der Waals surface area contributed by atoms with Crippen LogP contribution in [0.4, 0.5) is 0 Å². The fourth-order valence-electron chi connectivity index (χ4n) is 2.03. The molecule has 84 valence electrons. The number of likely N-dealkylation sites (N-methyl/N-ethyl adjacent to an activating group) is 2. The zero-order chi connectivity index (χ0) is 10.9. The molecule has 1 saturated heterocycles. The number of hydrogen-bond acceptors (Lipinski definition) is 5. The average Bonchev–Trinajstić information content (AvgIpc) is 2.30. The van der Waals surface area contributed by atoms with Crippen molar-refractivity contribution in [1.29, 1.82) is 0 Å². The molecule has 0 saturated carbocycles. The number of aliphatic hydroxyl groups is 3. The predicted octanol–water partition coefficient (Wildman–Crippen LogP) is -2.06. The lowest BCUT2D eigenvalue weighted by Crippen LogP contribution is -2.43. The van der Waals surface area contributed by atoms with Crippen LogP contribution in [0, 0.1) is 0 Å². The lowest BCUT2D eigenvalue weighted by atomic mass is 10.1. The van der Waals surface area contributed by atoms with E-state index in [1.165, 1.54) is 0 Å². The smallest absolute Gasteiger partial charge is 0.0992 e. The molecule has 0 aromatic heterocycles. The molecule has 0 aromatic rings. The predicted molar refractivity (Wildman–Crippen MR) is 53.0 cm³/mol. The highest BCUT2D eigenvalue weighted by Gasteiger charge is 2.45. The Labute approximate surface area is 84.6 Å². The fraction of sp³-hybridized carbons (Fsp3) is 1.00. The van der Waals surface area contributed by atoms with Gasteiger partial charge < -0.3 is 20.2 Å². The number of hydrogen-bond donors (Lipinski definition) is 3. The minimum Gasteiger partial charge on any atom is -0.395 e. The van der Waals surface area contributed by atoms with Gasteiger partial charge in [-0.2, -0.15) is 0 Å². The van der Waals surface area contributed by atoms with Crippen LogP contribution in [0.5, 0.6) is 0 Å². The summed E-state index contributed by atoms with van der Waals surface area (Å²) in [6.07, 6.45) is -1.63. The lowest BCUT2D eigenvalue weighted by molar-refractivity contribution is 0.0167. The van der Waals surface area contributed by atoms with Gasteiger partial charge in [-0.3, -0.25) is 4.90 Å². The van der Waals surface area contributed by atoms with Crippen LogP contribution in [0.3, 0.4) is 0 Å². The quantitative estimate of drug-likeness (QED) is 0.493. The van der Waals surface area contributed by atoms with Crippen molar-refractivity contribution in [3.63, 3.8) is 0 Å². The summed E-state index contributed by atoms with van der Waals surface area (Å²) in [6.45, 7) is 0.546. The van der Waals surface area contributed by atoms with Gasteiger partial charge in [-0.15, -0.1) is 0 Å². The van der Waals surface area contributed by atoms with Crippen molar-refractivity contribution in [3.8, 4) is 0 Å². The van der Waals surface area contributed by atoms with Gasteiger partial charge in [-0.25, -0.2) is 0 Å². The van der Waals surface area contributed by atoms with Crippen LogP contribution in [0.1, 0.15) is 0 Å². The van der Waals surface area contributed by atoms with Crippen LogP contribution < -0.4 is 0 Å². The van der Waals surface area contributed by atoms with Crippen LogP contribution in [0.25, 0.3) is 0 Å².